The molecule has 0 fully saturated rings. The Morgan fingerprint density at radius 2 is 2.00 bits per heavy atom. The van der Waals surface area contributed by atoms with Crippen LogP contribution in [0, 0.1) is 11.8 Å². The molecule has 0 amide bonds. The van der Waals surface area contributed by atoms with E-state index in [1.807, 2.05) is 20.1 Å². The summed E-state index contributed by atoms with van der Waals surface area (Å²) in [5.41, 5.74) is 5.85. The van der Waals surface area contributed by atoms with Gasteiger partial charge in [0.15, 0.2) is 0 Å². The highest BCUT2D eigenvalue weighted by Crippen LogP contribution is 2.11. The Morgan fingerprint density at radius 1 is 1.37 bits per heavy atom. The first-order chi connectivity index (χ1) is 8.96. The standard InChI is InChI=1S/C14H29N2O2S/c1-5-11(4)13(16-6-12(15)9-19)8-18-14(7-17)10(2)3/h10-14,16,19H,5-6,8-9,15H2,1-4H3/t11?,12-,13?,14?/m0/s1. The van der Waals surface area contributed by atoms with Gasteiger partial charge in [-0.05, 0) is 11.8 Å². The fraction of sp³-hybridized carbons (Fsp3) is 0.929. The van der Waals surface area contributed by atoms with Crippen LogP contribution in [0.15, 0.2) is 0 Å². The van der Waals surface area contributed by atoms with E-state index in [1.165, 1.54) is 0 Å². The second-order valence-corrected chi connectivity index (χ2v) is 5.82. The van der Waals surface area contributed by atoms with Gasteiger partial charge in [0, 0.05) is 24.4 Å². The molecule has 0 saturated heterocycles. The highest BCUT2D eigenvalue weighted by atomic mass is 32.1. The molecule has 0 aromatic rings. The summed E-state index contributed by atoms with van der Waals surface area (Å²) in [6, 6.07) is 0.235. The molecule has 0 saturated carbocycles. The fourth-order valence-electron chi connectivity index (χ4n) is 1.65. The van der Waals surface area contributed by atoms with Crippen LogP contribution in [0.3, 0.4) is 0 Å². The van der Waals surface area contributed by atoms with Crippen LogP contribution in [0.5, 0.6) is 0 Å². The fourth-order valence-corrected chi connectivity index (χ4v) is 1.78. The predicted octanol–water partition coefficient (Wildman–Crippen LogP) is 1.40. The van der Waals surface area contributed by atoms with Gasteiger partial charge in [-0.3, -0.25) is 4.79 Å². The maximum absolute atomic E-state index is 10.8. The zero-order valence-electron chi connectivity index (χ0n) is 12.6. The van der Waals surface area contributed by atoms with E-state index in [2.05, 4.69) is 31.8 Å². The van der Waals surface area contributed by atoms with Gasteiger partial charge in [-0.1, -0.05) is 34.1 Å². The summed E-state index contributed by atoms with van der Waals surface area (Å²) in [5.74, 6) is 1.26. The van der Waals surface area contributed by atoms with Crippen LogP contribution in [-0.4, -0.2) is 43.4 Å². The van der Waals surface area contributed by atoms with E-state index in [0.29, 0.717) is 24.8 Å². The van der Waals surface area contributed by atoms with Crippen molar-refractivity contribution < 1.29 is 9.53 Å². The number of nitrogens with two attached hydrogens (primary N) is 1. The molecule has 0 bridgehead atoms. The van der Waals surface area contributed by atoms with Crippen molar-refractivity contribution in [3.63, 3.8) is 0 Å². The molecular formula is C14H29N2O2S. The third-order valence-corrected chi connectivity index (χ3v) is 3.85. The van der Waals surface area contributed by atoms with Crippen molar-refractivity contribution in [1.29, 1.82) is 0 Å². The minimum atomic E-state index is -0.452. The zero-order chi connectivity index (χ0) is 14.8. The number of hydrogen-bond acceptors (Lipinski definition) is 5. The lowest BCUT2D eigenvalue weighted by molar-refractivity contribution is 0.0401. The van der Waals surface area contributed by atoms with Gasteiger partial charge in [-0.2, -0.15) is 12.6 Å². The molecule has 0 heterocycles. The smallest absolute Gasteiger partial charge is 0.230 e. The SMILES string of the molecule is CCC(C)C(COC([C]=O)C(C)C)NC[C@H](N)CS. The molecule has 0 rings (SSSR count). The van der Waals surface area contributed by atoms with Gasteiger partial charge in [0.1, 0.15) is 6.10 Å². The zero-order valence-corrected chi connectivity index (χ0v) is 13.5. The molecule has 0 aromatic heterocycles. The number of thiol groups is 1. The molecule has 19 heavy (non-hydrogen) atoms. The van der Waals surface area contributed by atoms with E-state index >= 15 is 0 Å². The van der Waals surface area contributed by atoms with Crippen molar-refractivity contribution in [3.05, 3.63) is 0 Å². The van der Waals surface area contributed by atoms with Crippen LogP contribution in [0.25, 0.3) is 0 Å². The maximum atomic E-state index is 10.8. The maximum Gasteiger partial charge on any atom is 0.230 e. The minimum Gasteiger partial charge on any atom is -0.368 e. The lowest BCUT2D eigenvalue weighted by Gasteiger charge is -2.27. The summed E-state index contributed by atoms with van der Waals surface area (Å²) in [6.07, 6.45) is 2.55. The lowest BCUT2D eigenvalue weighted by atomic mass is 9.99. The van der Waals surface area contributed by atoms with Crippen LogP contribution < -0.4 is 11.1 Å². The number of carbonyl (C=O) groups excluding carboxylic acids is 1. The van der Waals surface area contributed by atoms with Crippen LogP contribution in [-0.2, 0) is 9.53 Å². The normalized spacial score (nSPS) is 18.1. The van der Waals surface area contributed by atoms with Gasteiger partial charge >= 0.3 is 0 Å². The Kier molecular flexibility index (Phi) is 10.6. The minimum absolute atomic E-state index is 0.0356. The predicted molar refractivity (Wildman–Crippen MR) is 83.3 cm³/mol. The quantitative estimate of drug-likeness (QED) is 0.503. The third-order valence-electron chi connectivity index (χ3n) is 3.38. The Hall–Kier alpha value is -0.100. The topological polar surface area (TPSA) is 64.3 Å². The second kappa shape index (κ2) is 10.7. The number of nitrogens with one attached hydrogen (secondary N) is 1. The van der Waals surface area contributed by atoms with E-state index in [-0.39, 0.29) is 18.0 Å². The van der Waals surface area contributed by atoms with E-state index < -0.39 is 6.10 Å². The van der Waals surface area contributed by atoms with Crippen LogP contribution >= 0.6 is 12.6 Å². The van der Waals surface area contributed by atoms with Gasteiger partial charge in [-0.25, -0.2) is 0 Å². The number of rotatable bonds is 11. The monoisotopic (exact) mass is 289 g/mol. The van der Waals surface area contributed by atoms with E-state index in [9.17, 15) is 4.79 Å². The van der Waals surface area contributed by atoms with Crippen molar-refractivity contribution in [2.24, 2.45) is 17.6 Å². The van der Waals surface area contributed by atoms with Crippen molar-refractivity contribution in [1.82, 2.24) is 5.32 Å². The summed E-state index contributed by atoms with van der Waals surface area (Å²) < 4.78 is 5.66. The summed E-state index contributed by atoms with van der Waals surface area (Å²) in [5, 5.41) is 3.41. The van der Waals surface area contributed by atoms with Crippen LogP contribution in [0.1, 0.15) is 34.1 Å². The number of hydrogen-bond donors (Lipinski definition) is 3. The summed E-state index contributed by atoms with van der Waals surface area (Å²) in [6.45, 7) is 9.44. The molecule has 113 valence electrons. The molecule has 0 spiro atoms. The molecule has 5 heteroatoms. The molecule has 0 aliphatic carbocycles. The molecular weight excluding hydrogens is 260 g/mol. The molecule has 4 nitrogen and oxygen atoms in total. The molecule has 4 atom stereocenters. The summed E-state index contributed by atoms with van der Waals surface area (Å²) in [4.78, 5) is 10.8. The summed E-state index contributed by atoms with van der Waals surface area (Å²) in [7, 11) is 0. The van der Waals surface area contributed by atoms with Crippen LogP contribution in [0.4, 0.5) is 0 Å². The molecule has 0 aliphatic rings. The van der Waals surface area contributed by atoms with Crippen molar-refractivity contribution in [2.45, 2.75) is 52.3 Å². The first kappa shape index (κ1) is 18.9. The largest absolute Gasteiger partial charge is 0.368 e. The van der Waals surface area contributed by atoms with Crippen LogP contribution in [0.2, 0.25) is 0 Å². The Morgan fingerprint density at radius 3 is 2.42 bits per heavy atom. The molecule has 3 N–H and O–H groups in total. The van der Waals surface area contributed by atoms with Gasteiger partial charge in [0.05, 0.1) is 6.61 Å². The molecule has 0 aliphatic heterocycles. The summed E-state index contributed by atoms with van der Waals surface area (Å²) >= 11 is 4.17. The molecule has 0 aromatic carbocycles. The molecule has 3 unspecified atom stereocenters. The Labute approximate surface area is 123 Å². The van der Waals surface area contributed by atoms with E-state index in [1.54, 1.807) is 0 Å². The third kappa shape index (κ3) is 7.92. The Balaban J connectivity index is 4.30. The highest BCUT2D eigenvalue weighted by molar-refractivity contribution is 7.80. The van der Waals surface area contributed by atoms with Gasteiger partial charge in [0.2, 0.25) is 6.29 Å². The van der Waals surface area contributed by atoms with Gasteiger partial charge < -0.3 is 15.8 Å². The van der Waals surface area contributed by atoms with Crippen molar-refractivity contribution in [3.8, 4) is 0 Å². The Bertz CT molecular complexity index is 239. The van der Waals surface area contributed by atoms with E-state index in [0.717, 1.165) is 6.42 Å². The highest BCUT2D eigenvalue weighted by Gasteiger charge is 2.20. The number of ether oxygens (including phenoxy) is 1. The van der Waals surface area contributed by atoms with Crippen molar-refractivity contribution in [2.75, 3.05) is 18.9 Å². The average Bonchev–Trinajstić information content (AvgIpc) is 2.40. The first-order valence-corrected chi connectivity index (χ1v) is 7.68. The first-order valence-electron chi connectivity index (χ1n) is 7.05. The lowest BCUT2D eigenvalue weighted by Crippen LogP contribution is -2.46. The van der Waals surface area contributed by atoms with Gasteiger partial charge in [-0.15, -0.1) is 0 Å². The average molecular weight is 289 g/mol. The van der Waals surface area contributed by atoms with Gasteiger partial charge in [0.25, 0.3) is 0 Å². The molecule has 1 radical (unpaired) electrons. The van der Waals surface area contributed by atoms with Crippen molar-refractivity contribution >= 4 is 18.9 Å². The van der Waals surface area contributed by atoms with E-state index in [4.69, 9.17) is 10.5 Å². The second-order valence-electron chi connectivity index (χ2n) is 5.46.